The third-order valence-corrected chi connectivity index (χ3v) is 6.45. The lowest BCUT2D eigenvalue weighted by Gasteiger charge is -2.24. The van der Waals surface area contributed by atoms with Gasteiger partial charge in [-0.3, -0.25) is 9.10 Å². The van der Waals surface area contributed by atoms with Crippen molar-refractivity contribution in [3.63, 3.8) is 0 Å². The molecule has 0 saturated carbocycles. The van der Waals surface area contributed by atoms with E-state index in [1.165, 1.54) is 36.4 Å². The van der Waals surface area contributed by atoms with Gasteiger partial charge >= 0.3 is 0 Å². The number of aryl methyl sites for hydroxylation is 1. The molecule has 0 bridgehead atoms. The summed E-state index contributed by atoms with van der Waals surface area (Å²) >= 11 is 5.87. The van der Waals surface area contributed by atoms with E-state index in [0.29, 0.717) is 16.3 Å². The van der Waals surface area contributed by atoms with Gasteiger partial charge in [0.2, 0.25) is 5.91 Å². The molecular formula is C22H20ClFN2O3S. The molecule has 0 radical (unpaired) electrons. The highest BCUT2D eigenvalue weighted by molar-refractivity contribution is 7.92. The van der Waals surface area contributed by atoms with Crippen LogP contribution in [0.2, 0.25) is 5.02 Å². The van der Waals surface area contributed by atoms with Crippen molar-refractivity contribution in [3.8, 4) is 0 Å². The smallest absolute Gasteiger partial charge is 0.264 e. The van der Waals surface area contributed by atoms with Gasteiger partial charge in [0.25, 0.3) is 10.0 Å². The SMILES string of the molecule is Cc1ccc(N(CC(=O)NCc2ccc(F)cc2)S(=O)(=O)c2ccc(Cl)cc2)cc1. The van der Waals surface area contributed by atoms with E-state index in [1.807, 2.05) is 6.92 Å². The number of hydrogen-bond donors (Lipinski definition) is 1. The Bertz CT molecular complexity index is 1120. The van der Waals surface area contributed by atoms with E-state index in [9.17, 15) is 17.6 Å². The lowest BCUT2D eigenvalue weighted by atomic mass is 10.2. The predicted molar refractivity (Wildman–Crippen MR) is 115 cm³/mol. The minimum atomic E-state index is -4.00. The topological polar surface area (TPSA) is 66.5 Å². The minimum Gasteiger partial charge on any atom is -0.350 e. The van der Waals surface area contributed by atoms with E-state index in [1.54, 1.807) is 36.4 Å². The average molecular weight is 447 g/mol. The average Bonchev–Trinajstić information content (AvgIpc) is 2.72. The molecule has 0 aromatic heterocycles. The molecular weight excluding hydrogens is 427 g/mol. The highest BCUT2D eigenvalue weighted by Crippen LogP contribution is 2.25. The second kappa shape index (κ2) is 9.28. The molecule has 1 N–H and O–H groups in total. The van der Waals surface area contributed by atoms with Gasteiger partial charge in [0, 0.05) is 11.6 Å². The Kier molecular flexibility index (Phi) is 6.74. The maximum atomic E-state index is 13.2. The first-order valence-electron chi connectivity index (χ1n) is 9.12. The van der Waals surface area contributed by atoms with Gasteiger partial charge in [0.05, 0.1) is 10.6 Å². The Labute approximate surface area is 180 Å². The number of carbonyl (C=O) groups excluding carboxylic acids is 1. The molecule has 1 amide bonds. The van der Waals surface area contributed by atoms with Crippen LogP contribution in [0.4, 0.5) is 10.1 Å². The summed E-state index contributed by atoms with van der Waals surface area (Å²) in [5.41, 5.74) is 2.03. The first-order valence-corrected chi connectivity index (χ1v) is 10.9. The molecule has 0 atom stereocenters. The van der Waals surface area contributed by atoms with Crippen molar-refractivity contribution in [2.75, 3.05) is 10.8 Å². The number of carbonyl (C=O) groups is 1. The summed E-state index contributed by atoms with van der Waals surface area (Å²) in [7, 11) is -4.00. The molecule has 5 nitrogen and oxygen atoms in total. The van der Waals surface area contributed by atoms with E-state index in [-0.39, 0.29) is 17.3 Å². The van der Waals surface area contributed by atoms with Crippen molar-refractivity contribution in [1.82, 2.24) is 5.32 Å². The fraction of sp³-hybridized carbons (Fsp3) is 0.136. The largest absolute Gasteiger partial charge is 0.350 e. The number of amides is 1. The van der Waals surface area contributed by atoms with Crippen molar-refractivity contribution in [1.29, 1.82) is 0 Å². The van der Waals surface area contributed by atoms with Crippen LogP contribution >= 0.6 is 11.6 Å². The van der Waals surface area contributed by atoms with E-state index in [4.69, 9.17) is 11.6 Å². The number of anilines is 1. The summed E-state index contributed by atoms with van der Waals surface area (Å²) in [6.07, 6.45) is 0. The molecule has 3 aromatic carbocycles. The van der Waals surface area contributed by atoms with Crippen LogP contribution < -0.4 is 9.62 Å². The van der Waals surface area contributed by atoms with Crippen molar-refractivity contribution in [3.05, 3.63) is 94.8 Å². The number of rotatable bonds is 7. The predicted octanol–water partition coefficient (Wildman–Crippen LogP) is 4.30. The van der Waals surface area contributed by atoms with Gasteiger partial charge < -0.3 is 5.32 Å². The number of nitrogens with one attached hydrogen (secondary N) is 1. The fourth-order valence-corrected chi connectivity index (χ4v) is 4.30. The second-order valence-electron chi connectivity index (χ2n) is 6.70. The van der Waals surface area contributed by atoms with Gasteiger partial charge in [0.15, 0.2) is 0 Å². The fourth-order valence-electron chi connectivity index (χ4n) is 2.75. The Hall–Kier alpha value is -2.90. The standard InChI is InChI=1S/C22H20ClFN2O3S/c1-16-2-10-20(11-3-16)26(30(28,29)21-12-6-18(23)7-13-21)15-22(27)25-14-17-4-8-19(24)9-5-17/h2-13H,14-15H2,1H3,(H,25,27). The highest BCUT2D eigenvalue weighted by Gasteiger charge is 2.27. The van der Waals surface area contributed by atoms with Gasteiger partial charge in [-0.05, 0) is 61.0 Å². The summed E-state index contributed by atoms with van der Waals surface area (Å²) in [4.78, 5) is 12.6. The molecule has 0 heterocycles. The third kappa shape index (κ3) is 5.37. The number of hydrogen-bond acceptors (Lipinski definition) is 3. The van der Waals surface area contributed by atoms with Crippen LogP contribution in [0.5, 0.6) is 0 Å². The van der Waals surface area contributed by atoms with E-state index < -0.39 is 22.5 Å². The van der Waals surface area contributed by atoms with Crippen LogP contribution in [0.1, 0.15) is 11.1 Å². The monoisotopic (exact) mass is 446 g/mol. The van der Waals surface area contributed by atoms with Crippen LogP contribution in [0.25, 0.3) is 0 Å². The molecule has 0 aliphatic rings. The lowest BCUT2D eigenvalue weighted by Crippen LogP contribution is -2.40. The maximum Gasteiger partial charge on any atom is 0.264 e. The zero-order chi connectivity index (χ0) is 21.7. The van der Waals surface area contributed by atoms with Gasteiger partial charge in [-0.25, -0.2) is 12.8 Å². The molecule has 0 aliphatic carbocycles. The zero-order valence-corrected chi connectivity index (χ0v) is 17.8. The number of sulfonamides is 1. The van der Waals surface area contributed by atoms with Crippen molar-refractivity contribution >= 4 is 33.2 Å². The molecule has 30 heavy (non-hydrogen) atoms. The van der Waals surface area contributed by atoms with Gasteiger partial charge in [0.1, 0.15) is 12.4 Å². The normalized spacial score (nSPS) is 11.2. The Morgan fingerprint density at radius 2 is 1.57 bits per heavy atom. The zero-order valence-electron chi connectivity index (χ0n) is 16.2. The summed E-state index contributed by atoms with van der Waals surface area (Å²) in [5.74, 6) is -0.859. The van der Waals surface area contributed by atoms with Crippen molar-refractivity contribution in [2.45, 2.75) is 18.4 Å². The van der Waals surface area contributed by atoms with Crippen LogP contribution in [0.15, 0.2) is 77.7 Å². The lowest BCUT2D eigenvalue weighted by molar-refractivity contribution is -0.119. The highest BCUT2D eigenvalue weighted by atomic mass is 35.5. The quantitative estimate of drug-likeness (QED) is 0.588. The van der Waals surface area contributed by atoms with Crippen molar-refractivity contribution < 1.29 is 17.6 Å². The molecule has 0 unspecified atom stereocenters. The van der Waals surface area contributed by atoms with Crippen LogP contribution in [0.3, 0.4) is 0 Å². The van der Waals surface area contributed by atoms with Gasteiger partial charge in [-0.2, -0.15) is 0 Å². The number of benzene rings is 3. The second-order valence-corrected chi connectivity index (χ2v) is 9.00. The molecule has 8 heteroatoms. The summed E-state index contributed by atoms with van der Waals surface area (Å²) in [5, 5.41) is 3.08. The molecule has 0 spiro atoms. The van der Waals surface area contributed by atoms with E-state index >= 15 is 0 Å². The Morgan fingerprint density at radius 3 is 2.17 bits per heavy atom. The molecule has 0 fully saturated rings. The number of nitrogens with zero attached hydrogens (tertiary/aromatic N) is 1. The molecule has 3 rings (SSSR count). The first kappa shape index (κ1) is 21.8. The van der Waals surface area contributed by atoms with Crippen LogP contribution in [0, 0.1) is 12.7 Å². The molecule has 156 valence electrons. The van der Waals surface area contributed by atoms with E-state index in [0.717, 1.165) is 9.87 Å². The Morgan fingerprint density at radius 1 is 0.967 bits per heavy atom. The van der Waals surface area contributed by atoms with E-state index in [2.05, 4.69) is 5.32 Å². The van der Waals surface area contributed by atoms with Crippen LogP contribution in [-0.2, 0) is 21.4 Å². The number of halogens is 2. The third-order valence-electron chi connectivity index (χ3n) is 4.41. The van der Waals surface area contributed by atoms with Crippen molar-refractivity contribution in [2.24, 2.45) is 0 Å². The summed E-state index contributed by atoms with van der Waals surface area (Å²) in [6.45, 7) is 1.63. The Balaban J connectivity index is 1.84. The minimum absolute atomic E-state index is 0.0267. The maximum absolute atomic E-state index is 13.2. The molecule has 0 aliphatic heterocycles. The molecule has 0 saturated heterocycles. The van der Waals surface area contributed by atoms with Gasteiger partial charge in [-0.1, -0.05) is 41.4 Å². The van der Waals surface area contributed by atoms with Gasteiger partial charge in [-0.15, -0.1) is 0 Å². The molecule has 3 aromatic rings. The summed E-state index contributed by atoms with van der Waals surface area (Å²) in [6, 6.07) is 18.3. The first-order chi connectivity index (χ1) is 14.3. The van der Waals surface area contributed by atoms with Crippen LogP contribution in [-0.4, -0.2) is 20.9 Å². The summed E-state index contributed by atoms with van der Waals surface area (Å²) < 4.78 is 40.5.